The highest BCUT2D eigenvalue weighted by Crippen LogP contribution is 2.25. The Balaban J connectivity index is 1.84. The lowest BCUT2D eigenvalue weighted by molar-refractivity contribution is -0.125. The number of aliphatic hydroxyl groups is 1. The lowest BCUT2D eigenvalue weighted by atomic mass is 10.1. The highest BCUT2D eigenvalue weighted by molar-refractivity contribution is 5.78. The summed E-state index contributed by atoms with van der Waals surface area (Å²) in [6.45, 7) is 0.288. The van der Waals surface area contributed by atoms with Gasteiger partial charge >= 0.3 is 0 Å². The van der Waals surface area contributed by atoms with Crippen LogP contribution in [0.3, 0.4) is 0 Å². The van der Waals surface area contributed by atoms with Crippen molar-refractivity contribution in [2.75, 3.05) is 25.5 Å². The molecule has 0 aromatic heterocycles. The first-order valence-electron chi connectivity index (χ1n) is 7.31. The van der Waals surface area contributed by atoms with E-state index in [9.17, 15) is 9.90 Å². The van der Waals surface area contributed by atoms with E-state index in [-0.39, 0.29) is 18.4 Å². The van der Waals surface area contributed by atoms with Crippen molar-refractivity contribution >= 4 is 11.6 Å². The van der Waals surface area contributed by atoms with Crippen LogP contribution in [0.1, 0.15) is 37.4 Å². The van der Waals surface area contributed by atoms with E-state index >= 15 is 0 Å². The molecule has 1 unspecified atom stereocenters. The minimum atomic E-state index is -0.642. The molecule has 1 saturated carbocycles. The number of benzene rings is 1. The molecule has 0 radical (unpaired) electrons. The quantitative estimate of drug-likeness (QED) is 0.866. The predicted octanol–water partition coefficient (Wildman–Crippen LogP) is 2.09. The summed E-state index contributed by atoms with van der Waals surface area (Å²) in [4.78, 5) is 13.9. The molecule has 0 bridgehead atoms. The zero-order valence-corrected chi connectivity index (χ0v) is 12.3. The zero-order chi connectivity index (χ0) is 14.5. The third-order valence-corrected chi connectivity index (χ3v) is 3.99. The van der Waals surface area contributed by atoms with E-state index in [2.05, 4.69) is 5.32 Å². The molecule has 0 aliphatic heterocycles. The van der Waals surface area contributed by atoms with E-state index in [1.165, 1.54) is 0 Å². The molecule has 1 aliphatic rings. The summed E-state index contributed by atoms with van der Waals surface area (Å²) in [5.74, 6) is 0.241. The maximum absolute atomic E-state index is 11.9. The summed E-state index contributed by atoms with van der Waals surface area (Å²) < 4.78 is 0. The summed E-state index contributed by atoms with van der Waals surface area (Å²) in [5, 5.41) is 13.0. The number of carbonyl (C=O) groups excluding carboxylic acids is 1. The first kappa shape index (κ1) is 14.9. The van der Waals surface area contributed by atoms with Crippen LogP contribution in [0.25, 0.3) is 0 Å². The monoisotopic (exact) mass is 276 g/mol. The molecule has 1 aliphatic carbocycles. The Bertz CT molecular complexity index is 436. The van der Waals surface area contributed by atoms with Crippen LogP contribution in [0.4, 0.5) is 5.69 Å². The van der Waals surface area contributed by atoms with Gasteiger partial charge in [-0.25, -0.2) is 0 Å². The van der Waals surface area contributed by atoms with E-state index in [0.717, 1.165) is 36.9 Å². The summed E-state index contributed by atoms with van der Waals surface area (Å²) in [6, 6.07) is 7.75. The molecule has 2 N–H and O–H groups in total. The van der Waals surface area contributed by atoms with Crippen LogP contribution in [0.15, 0.2) is 24.3 Å². The molecule has 110 valence electrons. The van der Waals surface area contributed by atoms with Gasteiger partial charge in [0.05, 0.1) is 6.10 Å². The molecule has 0 heterocycles. The van der Waals surface area contributed by atoms with Crippen LogP contribution < -0.4 is 10.2 Å². The second-order valence-corrected chi connectivity index (χ2v) is 5.73. The summed E-state index contributed by atoms with van der Waals surface area (Å²) in [5.41, 5.74) is 1.93. The number of anilines is 1. The Morgan fingerprint density at radius 3 is 2.45 bits per heavy atom. The van der Waals surface area contributed by atoms with E-state index in [1.807, 2.05) is 43.3 Å². The molecule has 4 heteroatoms. The van der Waals surface area contributed by atoms with Gasteiger partial charge in [0.2, 0.25) is 5.91 Å². The third-order valence-electron chi connectivity index (χ3n) is 3.99. The van der Waals surface area contributed by atoms with Gasteiger partial charge in [-0.05, 0) is 30.5 Å². The van der Waals surface area contributed by atoms with Crippen LogP contribution in [-0.2, 0) is 4.79 Å². The van der Waals surface area contributed by atoms with Crippen LogP contribution in [0.2, 0.25) is 0 Å². The Morgan fingerprint density at radius 1 is 1.30 bits per heavy atom. The average Bonchev–Trinajstić information content (AvgIpc) is 2.98. The fourth-order valence-electron chi connectivity index (χ4n) is 2.64. The lowest BCUT2D eigenvalue weighted by Crippen LogP contribution is -2.32. The number of hydrogen-bond acceptors (Lipinski definition) is 3. The van der Waals surface area contributed by atoms with Gasteiger partial charge in [-0.1, -0.05) is 25.0 Å². The molecular formula is C16H24N2O2. The standard InChI is InChI=1S/C16H24N2O2/c1-18(2)14-9-7-12(8-10-14)15(19)11-17-16(20)13-5-3-4-6-13/h7-10,13,15,19H,3-6,11H2,1-2H3,(H,17,20). The number of nitrogens with one attached hydrogen (secondary N) is 1. The largest absolute Gasteiger partial charge is 0.387 e. The van der Waals surface area contributed by atoms with Gasteiger partial charge in [-0.15, -0.1) is 0 Å². The Morgan fingerprint density at radius 2 is 1.90 bits per heavy atom. The van der Waals surface area contributed by atoms with Crippen LogP contribution in [0.5, 0.6) is 0 Å². The fourth-order valence-corrected chi connectivity index (χ4v) is 2.64. The topological polar surface area (TPSA) is 52.6 Å². The molecule has 0 saturated heterocycles. The molecule has 1 aromatic rings. The SMILES string of the molecule is CN(C)c1ccc(C(O)CNC(=O)C2CCCC2)cc1. The number of rotatable bonds is 5. The van der Waals surface area contributed by atoms with Crippen molar-refractivity contribution in [3.05, 3.63) is 29.8 Å². The van der Waals surface area contributed by atoms with Crippen LogP contribution >= 0.6 is 0 Å². The number of hydrogen-bond donors (Lipinski definition) is 2. The van der Waals surface area contributed by atoms with Gasteiger partial charge in [0.25, 0.3) is 0 Å². The molecule has 0 spiro atoms. The minimum Gasteiger partial charge on any atom is -0.387 e. The van der Waals surface area contributed by atoms with Crippen molar-refractivity contribution in [1.82, 2.24) is 5.32 Å². The first-order chi connectivity index (χ1) is 9.58. The van der Waals surface area contributed by atoms with Gasteiger partial charge < -0.3 is 15.3 Å². The van der Waals surface area contributed by atoms with Crippen molar-refractivity contribution in [2.24, 2.45) is 5.92 Å². The summed E-state index contributed by atoms with van der Waals surface area (Å²) >= 11 is 0. The van der Waals surface area contributed by atoms with Gasteiger partial charge in [0.1, 0.15) is 0 Å². The molecule has 2 rings (SSSR count). The van der Waals surface area contributed by atoms with E-state index in [1.54, 1.807) is 0 Å². The van der Waals surface area contributed by atoms with Crippen molar-refractivity contribution in [1.29, 1.82) is 0 Å². The second-order valence-electron chi connectivity index (χ2n) is 5.73. The predicted molar refractivity (Wildman–Crippen MR) is 80.7 cm³/mol. The number of nitrogens with zero attached hydrogens (tertiary/aromatic N) is 1. The molecule has 1 aromatic carbocycles. The third kappa shape index (κ3) is 3.73. The summed E-state index contributed by atoms with van der Waals surface area (Å²) in [7, 11) is 3.96. The van der Waals surface area contributed by atoms with E-state index in [0.29, 0.717) is 0 Å². The minimum absolute atomic E-state index is 0.0893. The molecular weight excluding hydrogens is 252 g/mol. The summed E-state index contributed by atoms with van der Waals surface area (Å²) in [6.07, 6.45) is 3.62. The van der Waals surface area contributed by atoms with Crippen LogP contribution in [-0.4, -0.2) is 31.7 Å². The van der Waals surface area contributed by atoms with Crippen molar-refractivity contribution in [3.8, 4) is 0 Å². The maximum Gasteiger partial charge on any atom is 0.223 e. The zero-order valence-electron chi connectivity index (χ0n) is 12.3. The Labute approximate surface area is 120 Å². The fraction of sp³-hybridized carbons (Fsp3) is 0.562. The van der Waals surface area contributed by atoms with Gasteiger partial charge in [-0.2, -0.15) is 0 Å². The smallest absolute Gasteiger partial charge is 0.223 e. The molecule has 1 atom stereocenters. The van der Waals surface area contributed by atoms with E-state index in [4.69, 9.17) is 0 Å². The number of aliphatic hydroxyl groups excluding tert-OH is 1. The normalized spacial score (nSPS) is 16.9. The highest BCUT2D eigenvalue weighted by Gasteiger charge is 2.22. The highest BCUT2D eigenvalue weighted by atomic mass is 16.3. The molecule has 20 heavy (non-hydrogen) atoms. The van der Waals surface area contributed by atoms with Gasteiger partial charge in [0, 0.05) is 32.2 Å². The lowest BCUT2D eigenvalue weighted by Gasteiger charge is -2.17. The van der Waals surface area contributed by atoms with Crippen molar-refractivity contribution in [3.63, 3.8) is 0 Å². The number of carbonyl (C=O) groups is 1. The molecule has 1 fully saturated rings. The van der Waals surface area contributed by atoms with Crippen molar-refractivity contribution < 1.29 is 9.90 Å². The first-order valence-corrected chi connectivity index (χ1v) is 7.31. The van der Waals surface area contributed by atoms with Gasteiger partial charge in [0.15, 0.2) is 0 Å². The maximum atomic E-state index is 11.9. The number of amides is 1. The van der Waals surface area contributed by atoms with Gasteiger partial charge in [-0.3, -0.25) is 4.79 Å². The van der Waals surface area contributed by atoms with Crippen LogP contribution in [0, 0.1) is 5.92 Å². The second kappa shape index (κ2) is 6.75. The average molecular weight is 276 g/mol. The van der Waals surface area contributed by atoms with Crippen molar-refractivity contribution in [2.45, 2.75) is 31.8 Å². The Kier molecular flexibility index (Phi) is 5.01. The molecule has 1 amide bonds. The Hall–Kier alpha value is -1.55. The molecule has 4 nitrogen and oxygen atoms in total. The van der Waals surface area contributed by atoms with E-state index < -0.39 is 6.10 Å².